The summed E-state index contributed by atoms with van der Waals surface area (Å²) < 4.78 is 17.2. The van der Waals surface area contributed by atoms with Crippen molar-refractivity contribution in [3.63, 3.8) is 0 Å². The molecule has 0 aliphatic heterocycles. The molecule has 0 aliphatic carbocycles. The maximum atomic E-state index is 12.9. The zero-order valence-electron chi connectivity index (χ0n) is 8.03. The quantitative estimate of drug-likeness (QED) is 0.373. The van der Waals surface area contributed by atoms with Crippen LogP contribution in [0.1, 0.15) is 11.6 Å². The molecule has 5 nitrogen and oxygen atoms in total. The third kappa shape index (κ3) is 1.99. The second-order valence-corrected chi connectivity index (χ2v) is 2.90. The monoisotopic (exact) mass is 214 g/mol. The standard InChI is InChI=1S/C9H11FN2O3/c1-15-9(14)6(11)4-2-3-5(10)7(12)8(4)13/h2-3,6,13H,11-12H2,1H3/t6-/m0/s1. The van der Waals surface area contributed by atoms with Crippen LogP contribution in [0.2, 0.25) is 0 Å². The van der Waals surface area contributed by atoms with Crippen LogP contribution in [0.25, 0.3) is 0 Å². The van der Waals surface area contributed by atoms with Crippen molar-refractivity contribution in [3.8, 4) is 5.75 Å². The van der Waals surface area contributed by atoms with Gasteiger partial charge in [0, 0.05) is 5.56 Å². The van der Waals surface area contributed by atoms with Gasteiger partial charge >= 0.3 is 5.97 Å². The minimum Gasteiger partial charge on any atom is -0.505 e. The summed E-state index contributed by atoms with van der Waals surface area (Å²) in [7, 11) is 1.16. The summed E-state index contributed by atoms with van der Waals surface area (Å²) in [6.45, 7) is 0. The number of ether oxygens (including phenoxy) is 1. The van der Waals surface area contributed by atoms with Crippen LogP contribution >= 0.6 is 0 Å². The number of hydrogen-bond donors (Lipinski definition) is 3. The molecular weight excluding hydrogens is 203 g/mol. The van der Waals surface area contributed by atoms with E-state index in [9.17, 15) is 14.3 Å². The number of methoxy groups -OCH3 is 1. The SMILES string of the molecule is COC(=O)[C@@H](N)c1ccc(F)c(N)c1O. The third-order valence-corrected chi connectivity index (χ3v) is 1.99. The average Bonchev–Trinajstić information content (AvgIpc) is 2.24. The fraction of sp³-hybridized carbons (Fsp3) is 0.222. The number of phenolic OH excluding ortho intramolecular Hbond substituents is 1. The van der Waals surface area contributed by atoms with Gasteiger partial charge < -0.3 is 21.3 Å². The largest absolute Gasteiger partial charge is 0.505 e. The van der Waals surface area contributed by atoms with Gasteiger partial charge in [0.25, 0.3) is 0 Å². The van der Waals surface area contributed by atoms with Gasteiger partial charge in [-0.2, -0.15) is 0 Å². The van der Waals surface area contributed by atoms with Crippen LogP contribution < -0.4 is 11.5 Å². The summed E-state index contributed by atoms with van der Waals surface area (Å²) in [4.78, 5) is 11.1. The van der Waals surface area contributed by atoms with Crippen LogP contribution in [-0.2, 0) is 9.53 Å². The van der Waals surface area contributed by atoms with Crippen molar-refractivity contribution in [2.24, 2.45) is 5.73 Å². The number of carbonyl (C=O) groups excluding carboxylic acids is 1. The molecule has 0 bridgehead atoms. The first kappa shape index (κ1) is 11.3. The molecule has 1 rings (SSSR count). The van der Waals surface area contributed by atoms with Gasteiger partial charge in [-0.1, -0.05) is 6.07 Å². The lowest BCUT2D eigenvalue weighted by atomic mass is 10.1. The van der Waals surface area contributed by atoms with Crippen molar-refractivity contribution >= 4 is 11.7 Å². The molecule has 0 saturated carbocycles. The molecule has 0 spiro atoms. The summed E-state index contributed by atoms with van der Waals surface area (Å²) >= 11 is 0. The Morgan fingerprint density at radius 1 is 1.60 bits per heavy atom. The number of carbonyl (C=O) groups is 1. The molecule has 0 saturated heterocycles. The van der Waals surface area contributed by atoms with E-state index in [-0.39, 0.29) is 5.56 Å². The molecule has 0 unspecified atom stereocenters. The van der Waals surface area contributed by atoms with Gasteiger partial charge in [-0.05, 0) is 6.07 Å². The van der Waals surface area contributed by atoms with Gasteiger partial charge in [0.15, 0.2) is 0 Å². The number of esters is 1. The smallest absolute Gasteiger partial charge is 0.327 e. The summed E-state index contributed by atoms with van der Waals surface area (Å²) in [5.41, 5.74) is 10.3. The predicted octanol–water partition coefficient (Wildman–Crippen LogP) is 0.286. The van der Waals surface area contributed by atoms with Crippen molar-refractivity contribution in [2.75, 3.05) is 12.8 Å². The third-order valence-electron chi connectivity index (χ3n) is 1.99. The Morgan fingerprint density at radius 3 is 2.73 bits per heavy atom. The molecule has 1 aromatic carbocycles. The van der Waals surface area contributed by atoms with E-state index >= 15 is 0 Å². The molecule has 0 fully saturated rings. The van der Waals surface area contributed by atoms with Crippen LogP contribution in [0, 0.1) is 5.82 Å². The lowest BCUT2D eigenvalue weighted by Crippen LogP contribution is -2.23. The Bertz CT molecular complexity index is 395. The van der Waals surface area contributed by atoms with Crippen LogP contribution in [0.3, 0.4) is 0 Å². The average molecular weight is 214 g/mol. The van der Waals surface area contributed by atoms with E-state index in [1.54, 1.807) is 0 Å². The number of anilines is 1. The van der Waals surface area contributed by atoms with Crippen LogP contribution in [0.4, 0.5) is 10.1 Å². The van der Waals surface area contributed by atoms with Crippen molar-refractivity contribution < 1.29 is 19.0 Å². The minimum atomic E-state index is -1.18. The summed E-state index contributed by atoms with van der Waals surface area (Å²) in [6, 6.07) is 1.02. The lowest BCUT2D eigenvalue weighted by Gasteiger charge is -2.12. The van der Waals surface area contributed by atoms with Crippen molar-refractivity contribution in [1.29, 1.82) is 0 Å². The van der Waals surface area contributed by atoms with Gasteiger partial charge in [0.2, 0.25) is 0 Å². The number of nitrogen functional groups attached to an aromatic ring is 1. The summed E-state index contributed by atoms with van der Waals surface area (Å²) in [6.07, 6.45) is 0. The molecular formula is C9H11FN2O3. The number of rotatable bonds is 2. The second-order valence-electron chi connectivity index (χ2n) is 2.90. The van der Waals surface area contributed by atoms with E-state index in [2.05, 4.69) is 4.74 Å². The van der Waals surface area contributed by atoms with Crippen molar-refractivity contribution in [1.82, 2.24) is 0 Å². The van der Waals surface area contributed by atoms with Gasteiger partial charge in [0.05, 0.1) is 7.11 Å². The molecule has 82 valence electrons. The Labute approximate surface area is 85.4 Å². The minimum absolute atomic E-state index is 0.0285. The topological polar surface area (TPSA) is 98.6 Å². The Balaban J connectivity index is 3.16. The number of aromatic hydroxyl groups is 1. The first-order valence-electron chi connectivity index (χ1n) is 4.09. The fourth-order valence-corrected chi connectivity index (χ4v) is 1.11. The van der Waals surface area contributed by atoms with Gasteiger partial charge in [-0.3, -0.25) is 4.79 Å². The molecule has 0 radical (unpaired) electrons. The van der Waals surface area contributed by atoms with E-state index in [1.165, 1.54) is 6.07 Å². The molecule has 0 heterocycles. The van der Waals surface area contributed by atoms with E-state index in [0.717, 1.165) is 13.2 Å². The Hall–Kier alpha value is -1.82. The van der Waals surface area contributed by atoms with E-state index < -0.39 is 29.3 Å². The normalized spacial score (nSPS) is 12.2. The van der Waals surface area contributed by atoms with Crippen LogP contribution in [0.5, 0.6) is 5.75 Å². The zero-order valence-corrected chi connectivity index (χ0v) is 8.03. The number of halogens is 1. The number of nitrogens with two attached hydrogens (primary N) is 2. The van der Waals surface area contributed by atoms with E-state index in [4.69, 9.17) is 11.5 Å². The van der Waals surface area contributed by atoms with E-state index in [0.29, 0.717) is 0 Å². The molecule has 0 amide bonds. The lowest BCUT2D eigenvalue weighted by molar-refractivity contribution is -0.142. The highest BCUT2D eigenvalue weighted by molar-refractivity contribution is 5.79. The summed E-state index contributed by atoms with van der Waals surface area (Å²) in [5, 5.41) is 9.44. The molecule has 1 aromatic rings. The number of phenols is 1. The predicted molar refractivity (Wildman–Crippen MR) is 51.4 cm³/mol. The number of benzene rings is 1. The number of hydrogen-bond acceptors (Lipinski definition) is 5. The van der Waals surface area contributed by atoms with Gasteiger partial charge in [-0.25, -0.2) is 4.39 Å². The highest BCUT2D eigenvalue weighted by Crippen LogP contribution is 2.31. The van der Waals surface area contributed by atoms with Crippen LogP contribution in [0.15, 0.2) is 12.1 Å². The van der Waals surface area contributed by atoms with Gasteiger partial charge in [0.1, 0.15) is 23.3 Å². The maximum Gasteiger partial charge on any atom is 0.327 e. The van der Waals surface area contributed by atoms with Gasteiger partial charge in [-0.15, -0.1) is 0 Å². The van der Waals surface area contributed by atoms with E-state index in [1.807, 2.05) is 0 Å². The highest BCUT2D eigenvalue weighted by atomic mass is 19.1. The van der Waals surface area contributed by atoms with Crippen LogP contribution in [-0.4, -0.2) is 18.2 Å². The molecule has 5 N–H and O–H groups in total. The Morgan fingerprint density at radius 2 is 2.20 bits per heavy atom. The highest BCUT2D eigenvalue weighted by Gasteiger charge is 2.22. The molecule has 0 aromatic heterocycles. The second kappa shape index (κ2) is 4.14. The Kier molecular flexibility index (Phi) is 3.11. The first-order chi connectivity index (χ1) is 6.99. The fourth-order valence-electron chi connectivity index (χ4n) is 1.11. The molecule has 15 heavy (non-hydrogen) atoms. The molecule has 6 heteroatoms. The maximum absolute atomic E-state index is 12.9. The van der Waals surface area contributed by atoms with Crippen molar-refractivity contribution in [3.05, 3.63) is 23.5 Å². The summed E-state index contributed by atoms with van der Waals surface area (Å²) in [5.74, 6) is -2.04. The zero-order chi connectivity index (χ0) is 11.6. The first-order valence-corrected chi connectivity index (χ1v) is 4.09. The van der Waals surface area contributed by atoms with Crippen molar-refractivity contribution in [2.45, 2.75) is 6.04 Å². The molecule has 1 atom stereocenters. The molecule has 0 aliphatic rings.